The van der Waals surface area contributed by atoms with E-state index in [0.29, 0.717) is 0 Å². The summed E-state index contributed by atoms with van der Waals surface area (Å²) in [6.45, 7) is 8.32. The predicted molar refractivity (Wildman–Crippen MR) is 67.7 cm³/mol. The van der Waals surface area contributed by atoms with Crippen LogP contribution in [0.2, 0.25) is 0 Å². The van der Waals surface area contributed by atoms with Crippen molar-refractivity contribution in [1.29, 1.82) is 0 Å². The second-order valence-corrected chi connectivity index (χ2v) is 5.02. The summed E-state index contributed by atoms with van der Waals surface area (Å²) in [6, 6.07) is 7.92. The fourth-order valence-corrected chi connectivity index (χ4v) is 1.56. The van der Waals surface area contributed by atoms with Crippen LogP contribution in [0.25, 0.3) is 11.0 Å². The van der Waals surface area contributed by atoms with E-state index in [2.05, 4.69) is 36.1 Å². The van der Waals surface area contributed by atoms with Gasteiger partial charge >= 0.3 is 0 Å². The van der Waals surface area contributed by atoms with Crippen molar-refractivity contribution in [3.63, 3.8) is 0 Å². The highest BCUT2D eigenvalue weighted by Gasteiger charge is 2.13. The molecule has 3 nitrogen and oxygen atoms in total. The largest absolute Gasteiger partial charge is 0.364 e. The van der Waals surface area contributed by atoms with Crippen molar-refractivity contribution in [3.8, 4) is 0 Å². The van der Waals surface area contributed by atoms with Crippen LogP contribution in [0, 0.1) is 6.92 Å². The number of hydrogen-bond acceptors (Lipinski definition) is 3. The Bertz CT molecular complexity index is 512. The van der Waals surface area contributed by atoms with Gasteiger partial charge in [0.05, 0.1) is 16.7 Å². The fraction of sp³-hybridized carbons (Fsp3) is 0.385. The molecule has 0 spiro atoms. The smallest absolute Gasteiger partial charge is 0.148 e. The standard InChI is InChI=1S/C13H17N3/c1-9-12(16-13(2,3)4)15-11-8-6-5-7-10(11)14-9/h5-8H,1-4H3,(H,15,16). The van der Waals surface area contributed by atoms with Crippen molar-refractivity contribution in [2.45, 2.75) is 33.2 Å². The molecule has 0 saturated heterocycles. The van der Waals surface area contributed by atoms with Gasteiger partial charge in [0.25, 0.3) is 0 Å². The molecule has 1 N–H and O–H groups in total. The zero-order chi connectivity index (χ0) is 11.8. The maximum absolute atomic E-state index is 4.59. The molecule has 1 aromatic carbocycles. The van der Waals surface area contributed by atoms with Crippen LogP contribution in [0.15, 0.2) is 24.3 Å². The molecule has 0 aliphatic rings. The van der Waals surface area contributed by atoms with E-state index in [0.717, 1.165) is 22.5 Å². The third-order valence-electron chi connectivity index (χ3n) is 2.24. The van der Waals surface area contributed by atoms with E-state index in [1.807, 2.05) is 31.2 Å². The first-order valence-corrected chi connectivity index (χ1v) is 5.47. The summed E-state index contributed by atoms with van der Waals surface area (Å²) in [4.78, 5) is 9.12. The van der Waals surface area contributed by atoms with Gasteiger partial charge in [0, 0.05) is 5.54 Å². The Morgan fingerprint density at radius 2 is 1.56 bits per heavy atom. The SMILES string of the molecule is Cc1nc2ccccc2nc1NC(C)(C)C. The number of aromatic nitrogens is 2. The Hall–Kier alpha value is -1.64. The Labute approximate surface area is 95.9 Å². The maximum Gasteiger partial charge on any atom is 0.148 e. The van der Waals surface area contributed by atoms with Gasteiger partial charge in [-0.05, 0) is 39.8 Å². The summed E-state index contributed by atoms with van der Waals surface area (Å²) < 4.78 is 0. The summed E-state index contributed by atoms with van der Waals surface area (Å²) in [7, 11) is 0. The minimum atomic E-state index is 0.00188. The van der Waals surface area contributed by atoms with Crippen LogP contribution in [0.5, 0.6) is 0 Å². The highest BCUT2D eigenvalue weighted by molar-refractivity contribution is 5.76. The van der Waals surface area contributed by atoms with E-state index < -0.39 is 0 Å². The van der Waals surface area contributed by atoms with Crippen molar-refractivity contribution in [1.82, 2.24) is 9.97 Å². The molecule has 0 atom stereocenters. The first-order valence-electron chi connectivity index (χ1n) is 5.47. The molecule has 16 heavy (non-hydrogen) atoms. The number of nitrogens with one attached hydrogen (secondary N) is 1. The third kappa shape index (κ3) is 2.30. The molecule has 3 heteroatoms. The molecular weight excluding hydrogens is 198 g/mol. The van der Waals surface area contributed by atoms with E-state index in [4.69, 9.17) is 0 Å². The van der Waals surface area contributed by atoms with Gasteiger partial charge in [0.15, 0.2) is 0 Å². The lowest BCUT2D eigenvalue weighted by molar-refractivity contribution is 0.629. The molecule has 0 bridgehead atoms. The summed E-state index contributed by atoms with van der Waals surface area (Å²) in [5, 5.41) is 3.37. The number of aryl methyl sites for hydroxylation is 1. The minimum Gasteiger partial charge on any atom is -0.364 e. The molecule has 1 heterocycles. The van der Waals surface area contributed by atoms with Crippen LogP contribution in [0.1, 0.15) is 26.5 Å². The Kier molecular flexibility index (Phi) is 2.54. The normalized spacial score (nSPS) is 11.8. The van der Waals surface area contributed by atoms with Crippen LogP contribution in [0.4, 0.5) is 5.82 Å². The lowest BCUT2D eigenvalue weighted by Crippen LogP contribution is -2.27. The van der Waals surface area contributed by atoms with Gasteiger partial charge in [-0.1, -0.05) is 12.1 Å². The van der Waals surface area contributed by atoms with E-state index in [1.54, 1.807) is 0 Å². The van der Waals surface area contributed by atoms with Crippen LogP contribution in [0.3, 0.4) is 0 Å². The van der Waals surface area contributed by atoms with Gasteiger partial charge < -0.3 is 5.32 Å². The number of para-hydroxylation sites is 2. The Morgan fingerprint density at radius 1 is 1.00 bits per heavy atom. The van der Waals surface area contributed by atoms with Gasteiger partial charge in [-0.15, -0.1) is 0 Å². The number of rotatable bonds is 1. The Morgan fingerprint density at radius 3 is 2.12 bits per heavy atom. The maximum atomic E-state index is 4.59. The highest BCUT2D eigenvalue weighted by Crippen LogP contribution is 2.19. The summed E-state index contributed by atoms with van der Waals surface area (Å²) in [5.41, 5.74) is 2.81. The third-order valence-corrected chi connectivity index (χ3v) is 2.24. The van der Waals surface area contributed by atoms with E-state index in [-0.39, 0.29) is 5.54 Å². The monoisotopic (exact) mass is 215 g/mol. The lowest BCUT2D eigenvalue weighted by atomic mass is 10.1. The van der Waals surface area contributed by atoms with Crippen LogP contribution < -0.4 is 5.32 Å². The molecule has 2 aromatic rings. The number of fused-ring (bicyclic) bond motifs is 1. The molecule has 0 aliphatic heterocycles. The van der Waals surface area contributed by atoms with Gasteiger partial charge in [-0.25, -0.2) is 9.97 Å². The number of hydrogen-bond donors (Lipinski definition) is 1. The zero-order valence-corrected chi connectivity index (χ0v) is 10.2. The first kappa shape index (κ1) is 10.9. The quantitative estimate of drug-likeness (QED) is 0.794. The molecule has 0 unspecified atom stereocenters. The summed E-state index contributed by atoms with van der Waals surface area (Å²) >= 11 is 0. The molecule has 0 fully saturated rings. The topological polar surface area (TPSA) is 37.8 Å². The second-order valence-electron chi connectivity index (χ2n) is 5.02. The molecule has 0 radical (unpaired) electrons. The lowest BCUT2D eigenvalue weighted by Gasteiger charge is -2.22. The van der Waals surface area contributed by atoms with E-state index in [1.165, 1.54) is 0 Å². The van der Waals surface area contributed by atoms with Crippen LogP contribution in [-0.4, -0.2) is 15.5 Å². The van der Waals surface area contributed by atoms with Crippen molar-refractivity contribution in [2.75, 3.05) is 5.32 Å². The van der Waals surface area contributed by atoms with Crippen molar-refractivity contribution >= 4 is 16.9 Å². The van der Waals surface area contributed by atoms with Crippen molar-refractivity contribution in [2.24, 2.45) is 0 Å². The molecule has 0 amide bonds. The van der Waals surface area contributed by atoms with Crippen molar-refractivity contribution in [3.05, 3.63) is 30.0 Å². The zero-order valence-electron chi connectivity index (χ0n) is 10.2. The molecule has 1 aromatic heterocycles. The van der Waals surface area contributed by atoms with Crippen LogP contribution in [-0.2, 0) is 0 Å². The second kappa shape index (κ2) is 3.74. The van der Waals surface area contributed by atoms with Crippen molar-refractivity contribution < 1.29 is 0 Å². The average Bonchev–Trinajstić information content (AvgIpc) is 2.17. The van der Waals surface area contributed by atoms with Gasteiger partial charge in [-0.3, -0.25) is 0 Å². The highest BCUT2D eigenvalue weighted by atomic mass is 15.1. The van der Waals surface area contributed by atoms with Gasteiger partial charge in [-0.2, -0.15) is 0 Å². The number of benzene rings is 1. The van der Waals surface area contributed by atoms with Gasteiger partial charge in [0.1, 0.15) is 5.82 Å². The average molecular weight is 215 g/mol. The molecular formula is C13H17N3. The molecule has 84 valence electrons. The number of nitrogens with zero attached hydrogens (tertiary/aromatic N) is 2. The molecule has 0 aliphatic carbocycles. The number of anilines is 1. The van der Waals surface area contributed by atoms with E-state index in [9.17, 15) is 0 Å². The van der Waals surface area contributed by atoms with Crippen LogP contribution >= 0.6 is 0 Å². The summed E-state index contributed by atoms with van der Waals surface area (Å²) in [6.07, 6.45) is 0. The predicted octanol–water partition coefficient (Wildman–Crippen LogP) is 3.15. The van der Waals surface area contributed by atoms with Gasteiger partial charge in [0.2, 0.25) is 0 Å². The molecule has 2 rings (SSSR count). The molecule has 0 saturated carbocycles. The Balaban J connectivity index is 2.50. The summed E-state index contributed by atoms with van der Waals surface area (Å²) in [5.74, 6) is 0.867. The fourth-order valence-electron chi connectivity index (χ4n) is 1.56. The first-order chi connectivity index (χ1) is 7.46. The minimum absolute atomic E-state index is 0.00188. The van der Waals surface area contributed by atoms with E-state index >= 15 is 0 Å².